The molecule has 6 heteroatoms. The summed E-state index contributed by atoms with van der Waals surface area (Å²) in [5.41, 5.74) is -0.00782. The Balaban J connectivity index is 1.34. The molecule has 4 rings (SSSR count). The van der Waals surface area contributed by atoms with Crippen LogP contribution in [-0.4, -0.2) is 53.2 Å². The number of benzene rings is 1. The molecule has 1 aliphatic heterocycles. The highest BCUT2D eigenvalue weighted by atomic mass is 16.5. The van der Waals surface area contributed by atoms with Gasteiger partial charge in [0, 0.05) is 18.5 Å². The van der Waals surface area contributed by atoms with E-state index in [-0.39, 0.29) is 23.8 Å². The van der Waals surface area contributed by atoms with E-state index < -0.39 is 5.60 Å². The first-order chi connectivity index (χ1) is 14.0. The topological polar surface area (TPSA) is 78.9 Å². The third-order valence-electron chi connectivity index (χ3n) is 6.45. The molecule has 3 aliphatic rings. The SMILES string of the molecule is O=C(NC1/C=C/CCC2(O)CCC1C2)c1cccc(OCCN2CCCC2=O)c1. The van der Waals surface area contributed by atoms with Gasteiger partial charge in [-0.1, -0.05) is 18.2 Å². The van der Waals surface area contributed by atoms with Gasteiger partial charge in [0.15, 0.2) is 0 Å². The van der Waals surface area contributed by atoms with E-state index >= 15 is 0 Å². The minimum absolute atomic E-state index is 0.0532. The summed E-state index contributed by atoms with van der Waals surface area (Å²) in [5.74, 6) is 0.967. The standard InChI is InChI=1S/C23H30N2O4/c26-21-8-4-12-25(21)13-14-29-19-6-3-5-17(15-19)22(27)24-20-7-1-2-10-23(28)11-9-18(20)16-23/h1,3,5-7,15,18,20,28H,2,4,8-14,16H2,(H,24,27)/b7-1+. The Labute approximate surface area is 171 Å². The number of carbonyl (C=O) groups excluding carboxylic acids is 2. The van der Waals surface area contributed by atoms with Crippen molar-refractivity contribution in [2.45, 2.75) is 56.6 Å². The fourth-order valence-corrected chi connectivity index (χ4v) is 4.77. The van der Waals surface area contributed by atoms with Gasteiger partial charge in [0.05, 0.1) is 18.2 Å². The second-order valence-electron chi connectivity index (χ2n) is 8.55. The predicted octanol–water partition coefficient (Wildman–Crippen LogP) is 2.67. The lowest BCUT2D eigenvalue weighted by Gasteiger charge is -2.27. The van der Waals surface area contributed by atoms with Crippen molar-refractivity contribution in [2.24, 2.45) is 5.92 Å². The van der Waals surface area contributed by atoms with Crippen LogP contribution >= 0.6 is 0 Å². The quantitative estimate of drug-likeness (QED) is 0.722. The van der Waals surface area contributed by atoms with Crippen molar-refractivity contribution >= 4 is 11.8 Å². The monoisotopic (exact) mass is 398 g/mol. The van der Waals surface area contributed by atoms with Crippen LogP contribution in [0.25, 0.3) is 0 Å². The smallest absolute Gasteiger partial charge is 0.251 e. The van der Waals surface area contributed by atoms with Crippen molar-refractivity contribution in [2.75, 3.05) is 19.7 Å². The molecule has 156 valence electrons. The number of nitrogens with one attached hydrogen (secondary N) is 1. The van der Waals surface area contributed by atoms with E-state index in [4.69, 9.17) is 4.74 Å². The molecule has 2 fully saturated rings. The molecule has 0 aromatic heterocycles. The summed E-state index contributed by atoms with van der Waals surface area (Å²) in [6.45, 7) is 1.80. The van der Waals surface area contributed by atoms with Crippen molar-refractivity contribution in [1.29, 1.82) is 0 Å². The van der Waals surface area contributed by atoms with Crippen LogP contribution in [0, 0.1) is 5.92 Å². The largest absolute Gasteiger partial charge is 0.492 e. The van der Waals surface area contributed by atoms with Crippen LogP contribution in [0.1, 0.15) is 55.3 Å². The number of ether oxygens (including phenoxy) is 1. The maximum atomic E-state index is 12.8. The predicted molar refractivity (Wildman–Crippen MR) is 110 cm³/mol. The molecule has 1 heterocycles. The Morgan fingerprint density at radius 1 is 1.34 bits per heavy atom. The summed E-state index contributed by atoms with van der Waals surface area (Å²) in [5, 5.41) is 13.8. The second-order valence-corrected chi connectivity index (χ2v) is 8.55. The van der Waals surface area contributed by atoms with Crippen molar-refractivity contribution in [1.82, 2.24) is 10.2 Å². The molecule has 0 spiro atoms. The van der Waals surface area contributed by atoms with E-state index in [9.17, 15) is 14.7 Å². The first-order valence-corrected chi connectivity index (χ1v) is 10.7. The van der Waals surface area contributed by atoms with E-state index in [1.807, 2.05) is 17.0 Å². The lowest BCUT2D eigenvalue weighted by Crippen LogP contribution is -2.39. The van der Waals surface area contributed by atoms with Crippen molar-refractivity contribution in [3.63, 3.8) is 0 Å². The molecule has 1 aromatic carbocycles. The molecule has 3 unspecified atom stereocenters. The lowest BCUT2D eigenvalue weighted by atomic mass is 9.88. The summed E-state index contributed by atoms with van der Waals surface area (Å²) < 4.78 is 5.77. The van der Waals surface area contributed by atoms with Crippen LogP contribution < -0.4 is 10.1 Å². The highest BCUT2D eigenvalue weighted by Gasteiger charge is 2.40. The molecule has 0 radical (unpaired) electrons. The van der Waals surface area contributed by atoms with Gasteiger partial charge in [-0.15, -0.1) is 0 Å². The molecule has 1 saturated heterocycles. The molecule has 2 amide bonds. The minimum Gasteiger partial charge on any atom is -0.492 e. The highest BCUT2D eigenvalue weighted by Crippen LogP contribution is 2.41. The summed E-state index contributed by atoms with van der Waals surface area (Å²) in [4.78, 5) is 26.3. The number of amides is 2. The second kappa shape index (κ2) is 8.57. The number of aliphatic hydroxyl groups is 1. The molecule has 2 aliphatic carbocycles. The van der Waals surface area contributed by atoms with Gasteiger partial charge in [-0.25, -0.2) is 0 Å². The van der Waals surface area contributed by atoms with Crippen LogP contribution in [0.2, 0.25) is 0 Å². The number of carbonyl (C=O) groups is 2. The van der Waals surface area contributed by atoms with Gasteiger partial charge >= 0.3 is 0 Å². The third-order valence-corrected chi connectivity index (χ3v) is 6.45. The maximum Gasteiger partial charge on any atom is 0.251 e. The van der Waals surface area contributed by atoms with Gasteiger partial charge in [0.25, 0.3) is 5.91 Å². The lowest BCUT2D eigenvalue weighted by molar-refractivity contribution is -0.128. The van der Waals surface area contributed by atoms with E-state index in [2.05, 4.69) is 17.5 Å². The zero-order chi connectivity index (χ0) is 20.3. The van der Waals surface area contributed by atoms with Gasteiger partial charge in [-0.2, -0.15) is 0 Å². The number of hydrogen-bond donors (Lipinski definition) is 2. The molecule has 3 atom stereocenters. The molecular weight excluding hydrogens is 368 g/mol. The Hall–Kier alpha value is -2.34. The summed E-state index contributed by atoms with van der Waals surface area (Å²) >= 11 is 0. The van der Waals surface area contributed by atoms with Crippen LogP contribution in [0.3, 0.4) is 0 Å². The number of nitrogens with zero attached hydrogens (tertiary/aromatic N) is 1. The fraction of sp³-hybridized carbons (Fsp3) is 0.565. The molecule has 29 heavy (non-hydrogen) atoms. The molecule has 2 bridgehead atoms. The molecule has 1 saturated carbocycles. The average molecular weight is 399 g/mol. The van der Waals surface area contributed by atoms with Crippen LogP contribution in [0.5, 0.6) is 5.75 Å². The minimum atomic E-state index is -0.567. The van der Waals surface area contributed by atoms with Crippen LogP contribution in [-0.2, 0) is 4.79 Å². The van der Waals surface area contributed by atoms with Crippen molar-refractivity contribution in [3.8, 4) is 5.75 Å². The number of allylic oxidation sites excluding steroid dienone is 1. The molecule has 1 aromatic rings. The normalized spacial score (nSPS) is 30.0. The fourth-order valence-electron chi connectivity index (χ4n) is 4.77. The third kappa shape index (κ3) is 4.81. The van der Waals surface area contributed by atoms with Gasteiger partial charge in [0.1, 0.15) is 12.4 Å². The Bertz CT molecular complexity index is 793. The van der Waals surface area contributed by atoms with Gasteiger partial charge in [-0.3, -0.25) is 9.59 Å². The maximum absolute atomic E-state index is 12.8. The van der Waals surface area contributed by atoms with Gasteiger partial charge < -0.3 is 20.1 Å². The molecule has 6 nitrogen and oxygen atoms in total. The van der Waals surface area contributed by atoms with Crippen molar-refractivity contribution < 1.29 is 19.4 Å². The average Bonchev–Trinajstić information content (AvgIpc) is 3.31. The molecule has 2 N–H and O–H groups in total. The van der Waals surface area contributed by atoms with E-state index in [1.165, 1.54) is 0 Å². The summed E-state index contributed by atoms with van der Waals surface area (Å²) in [6.07, 6.45) is 9.86. The number of fused-ring (bicyclic) bond motifs is 2. The Morgan fingerprint density at radius 2 is 2.24 bits per heavy atom. The zero-order valence-corrected chi connectivity index (χ0v) is 16.8. The number of likely N-dealkylation sites (tertiary alicyclic amines) is 1. The Morgan fingerprint density at radius 3 is 3.07 bits per heavy atom. The highest BCUT2D eigenvalue weighted by molar-refractivity contribution is 5.94. The van der Waals surface area contributed by atoms with E-state index in [0.717, 1.165) is 45.1 Å². The summed E-state index contributed by atoms with van der Waals surface area (Å²) in [7, 11) is 0. The van der Waals surface area contributed by atoms with Crippen LogP contribution in [0.4, 0.5) is 0 Å². The summed E-state index contributed by atoms with van der Waals surface area (Å²) in [6, 6.07) is 7.12. The zero-order valence-electron chi connectivity index (χ0n) is 16.8. The molecular formula is C23H30N2O4. The first kappa shape index (κ1) is 20.0. The number of hydrogen-bond acceptors (Lipinski definition) is 4. The van der Waals surface area contributed by atoms with Crippen LogP contribution in [0.15, 0.2) is 36.4 Å². The van der Waals surface area contributed by atoms with Gasteiger partial charge in [0.2, 0.25) is 5.91 Å². The Kier molecular flexibility index (Phi) is 5.90. The van der Waals surface area contributed by atoms with E-state index in [0.29, 0.717) is 30.9 Å². The number of rotatable bonds is 6. The first-order valence-electron chi connectivity index (χ1n) is 10.7. The van der Waals surface area contributed by atoms with Gasteiger partial charge in [-0.05, 0) is 62.6 Å². The van der Waals surface area contributed by atoms with Crippen molar-refractivity contribution in [3.05, 3.63) is 42.0 Å². The van der Waals surface area contributed by atoms with E-state index in [1.54, 1.807) is 12.1 Å².